The van der Waals surface area contributed by atoms with E-state index in [0.717, 1.165) is 73.9 Å². The van der Waals surface area contributed by atoms with Gasteiger partial charge in [0, 0.05) is 45.2 Å². The van der Waals surface area contributed by atoms with E-state index in [2.05, 4.69) is 35.9 Å². The summed E-state index contributed by atoms with van der Waals surface area (Å²) in [5.74, 6) is 0.0332. The van der Waals surface area contributed by atoms with Gasteiger partial charge in [0.2, 0.25) is 0 Å². The molecule has 1 fully saturated rings. The number of fused-ring (bicyclic) bond motifs is 1. The predicted molar refractivity (Wildman–Crippen MR) is 149 cm³/mol. The number of halogens is 1. The number of carbonyl (C=O) groups is 1. The number of likely N-dealkylation sites (N-methyl/N-ethyl adjacent to an activating group) is 1. The monoisotopic (exact) mass is 538 g/mol. The molecule has 1 aliphatic heterocycles. The zero-order valence-electron chi connectivity index (χ0n) is 20.6. The van der Waals surface area contributed by atoms with Crippen LogP contribution in [0.25, 0.3) is 10.2 Å². The molecule has 1 saturated heterocycles. The van der Waals surface area contributed by atoms with Gasteiger partial charge in [-0.3, -0.25) is 0 Å². The van der Waals surface area contributed by atoms with E-state index in [1.807, 2.05) is 26.2 Å². The van der Waals surface area contributed by atoms with E-state index in [1.165, 1.54) is 15.5 Å². The number of hydrogen-bond donors (Lipinski definition) is 2. The molecule has 11 heteroatoms. The van der Waals surface area contributed by atoms with E-state index in [4.69, 9.17) is 5.73 Å². The Hall–Kier alpha value is -1.76. The Morgan fingerprint density at radius 1 is 1.31 bits per heavy atom. The van der Waals surface area contributed by atoms with Crippen LogP contribution in [0.4, 0.5) is 15.2 Å². The van der Waals surface area contributed by atoms with Gasteiger partial charge in [0.05, 0.1) is 14.6 Å². The molecule has 0 radical (unpaired) electrons. The van der Waals surface area contributed by atoms with Crippen LogP contribution in [0.2, 0.25) is 0 Å². The van der Waals surface area contributed by atoms with Gasteiger partial charge in [-0.15, -0.1) is 11.3 Å². The summed E-state index contributed by atoms with van der Waals surface area (Å²) >= 11 is 4.81. The lowest BCUT2D eigenvalue weighted by Gasteiger charge is -2.28. The number of thiophene rings is 1. The molecule has 1 aromatic carbocycles. The summed E-state index contributed by atoms with van der Waals surface area (Å²) in [6.45, 7) is 5.49. The Morgan fingerprint density at radius 2 is 2.09 bits per heavy atom. The summed E-state index contributed by atoms with van der Waals surface area (Å²) in [6.07, 6.45) is 3.12. The molecule has 0 saturated carbocycles. The number of likely N-dealkylation sites (tertiary alicyclic amines) is 1. The molecule has 0 atom stereocenters. The normalized spacial score (nSPS) is 14.7. The lowest BCUT2D eigenvalue weighted by atomic mass is 9.99. The number of thiazole rings is 1. The van der Waals surface area contributed by atoms with Crippen LogP contribution in [-0.2, 0) is 4.79 Å². The third-order valence-corrected chi connectivity index (χ3v) is 8.77. The van der Waals surface area contributed by atoms with Gasteiger partial charge < -0.3 is 30.0 Å². The first-order valence-electron chi connectivity index (χ1n) is 11.7. The average molecular weight is 539 g/mol. The number of hydrogen-bond acceptors (Lipinski definition) is 10. The summed E-state index contributed by atoms with van der Waals surface area (Å²) in [5.41, 5.74) is 6.71. The van der Waals surface area contributed by atoms with Gasteiger partial charge in [-0.05, 0) is 69.5 Å². The highest BCUT2D eigenvalue weighted by atomic mass is 32.2. The number of carbonyl (C=O) groups excluding carboxylic acids is 1. The number of aromatic nitrogens is 1. The Bertz CT molecular complexity index is 1040. The van der Waals surface area contributed by atoms with E-state index < -0.39 is 0 Å². The van der Waals surface area contributed by atoms with Gasteiger partial charge in [0.25, 0.3) is 0 Å². The first-order chi connectivity index (χ1) is 16.9. The molecule has 0 spiro atoms. The topological polar surface area (TPSA) is 77.7 Å². The molecule has 0 unspecified atom stereocenters. The minimum atomic E-state index is -0.276. The number of rotatable bonds is 10. The van der Waals surface area contributed by atoms with Crippen LogP contribution in [-0.4, -0.2) is 81.5 Å². The molecule has 7 nitrogen and oxygen atoms in total. The summed E-state index contributed by atoms with van der Waals surface area (Å²) in [7, 11) is 5.88. The van der Waals surface area contributed by atoms with E-state index in [0.29, 0.717) is 11.4 Å². The zero-order chi connectivity index (χ0) is 25.2. The van der Waals surface area contributed by atoms with Crippen LogP contribution in [0.1, 0.15) is 12.8 Å². The van der Waals surface area contributed by atoms with Gasteiger partial charge in [0.15, 0.2) is 10.9 Å². The number of aldehydes is 1. The first kappa shape index (κ1) is 27.8. The molecule has 0 bridgehead atoms. The van der Waals surface area contributed by atoms with E-state index in [-0.39, 0.29) is 5.82 Å². The second kappa shape index (κ2) is 14.1. The van der Waals surface area contributed by atoms with Crippen LogP contribution in [0.5, 0.6) is 0 Å². The molecule has 1 aliphatic rings. The highest BCUT2D eigenvalue weighted by molar-refractivity contribution is 8.02. The van der Waals surface area contributed by atoms with Crippen molar-refractivity contribution in [2.24, 2.45) is 11.7 Å². The van der Waals surface area contributed by atoms with E-state index >= 15 is 0 Å². The Labute approximate surface area is 219 Å². The van der Waals surface area contributed by atoms with Crippen molar-refractivity contribution in [3.8, 4) is 0 Å². The van der Waals surface area contributed by atoms with Crippen LogP contribution in [0.3, 0.4) is 0 Å². The van der Waals surface area contributed by atoms with Crippen LogP contribution in [0.15, 0.2) is 33.9 Å². The van der Waals surface area contributed by atoms with Gasteiger partial charge in [-0.25, -0.2) is 9.37 Å². The summed E-state index contributed by atoms with van der Waals surface area (Å²) in [6, 6.07) is 7.72. The molecule has 4 rings (SSSR count). The average Bonchev–Trinajstić information content (AvgIpc) is 3.52. The van der Waals surface area contributed by atoms with E-state index in [1.54, 1.807) is 36.4 Å². The maximum absolute atomic E-state index is 14.5. The van der Waals surface area contributed by atoms with Crippen LogP contribution >= 0.6 is 34.6 Å². The van der Waals surface area contributed by atoms with Gasteiger partial charge >= 0.3 is 0 Å². The van der Waals surface area contributed by atoms with Crippen molar-refractivity contribution in [3.63, 3.8) is 0 Å². The fourth-order valence-corrected chi connectivity index (χ4v) is 6.33. The van der Waals surface area contributed by atoms with Crippen molar-refractivity contribution >= 4 is 61.9 Å². The van der Waals surface area contributed by atoms with Crippen molar-refractivity contribution in [1.82, 2.24) is 14.8 Å². The highest BCUT2D eigenvalue weighted by Gasteiger charge is 2.17. The smallest absolute Gasteiger partial charge is 0.183 e. The predicted octanol–water partition coefficient (Wildman–Crippen LogP) is 4.47. The number of benzene rings is 1. The third-order valence-electron chi connectivity index (χ3n) is 5.65. The molecule has 35 heavy (non-hydrogen) atoms. The maximum Gasteiger partial charge on any atom is 0.183 e. The molecular weight excluding hydrogens is 504 g/mol. The number of piperidine rings is 1. The van der Waals surface area contributed by atoms with Crippen molar-refractivity contribution in [2.75, 3.05) is 70.0 Å². The molecule has 3 aromatic rings. The number of anilines is 2. The molecular formula is C24H35FN6OS3. The quantitative estimate of drug-likeness (QED) is 0.289. The number of nitrogens with one attached hydrogen (secondary N) is 1. The minimum Gasteiger partial charge on any atom is -0.365 e. The molecule has 192 valence electrons. The lowest BCUT2D eigenvalue weighted by Crippen LogP contribution is -2.37. The van der Waals surface area contributed by atoms with Gasteiger partial charge in [-0.1, -0.05) is 17.4 Å². The molecule has 3 N–H and O–H groups in total. The summed E-state index contributed by atoms with van der Waals surface area (Å²) < 4.78 is 18.7. The Balaban J connectivity index is 0.000000261. The standard InChI is InChI=1S/C16H19FN4S3.C8H16N2O/c1-18-16-19-15-12(17)9-11(10-13(15)23-16)21(7-6-20(2)3)24-14-5-4-8-22-14;9-3-6-10-4-1-8(7-11)2-5-10/h4-5,8-10H,6-7H2,1-3H3,(H,18,19);7-8H,1-6,9H2. The summed E-state index contributed by atoms with van der Waals surface area (Å²) in [4.78, 5) is 19.1. The number of nitrogens with zero attached hydrogens (tertiary/aromatic N) is 4. The summed E-state index contributed by atoms with van der Waals surface area (Å²) in [5, 5.41) is 5.77. The highest BCUT2D eigenvalue weighted by Crippen LogP contribution is 2.36. The van der Waals surface area contributed by atoms with Gasteiger partial charge in [-0.2, -0.15) is 0 Å². The van der Waals surface area contributed by atoms with Crippen molar-refractivity contribution in [1.29, 1.82) is 0 Å². The second-order valence-corrected chi connectivity index (χ2v) is 11.9. The molecule has 0 aliphatic carbocycles. The molecule has 0 amide bonds. The van der Waals surface area contributed by atoms with E-state index in [9.17, 15) is 9.18 Å². The molecule has 3 heterocycles. The molecule has 2 aromatic heterocycles. The maximum atomic E-state index is 14.5. The van der Waals surface area contributed by atoms with Crippen molar-refractivity contribution in [3.05, 3.63) is 35.5 Å². The van der Waals surface area contributed by atoms with Gasteiger partial charge in [0.1, 0.15) is 11.8 Å². The minimum absolute atomic E-state index is 0.276. The third kappa shape index (κ3) is 8.40. The largest absolute Gasteiger partial charge is 0.365 e. The second-order valence-electron chi connectivity index (χ2n) is 8.58. The lowest BCUT2D eigenvalue weighted by molar-refractivity contribution is -0.112. The van der Waals surface area contributed by atoms with Crippen LogP contribution in [0, 0.1) is 11.7 Å². The first-order valence-corrected chi connectivity index (χ1v) is 14.2. The van der Waals surface area contributed by atoms with Crippen molar-refractivity contribution < 1.29 is 9.18 Å². The van der Waals surface area contributed by atoms with Crippen molar-refractivity contribution in [2.45, 2.75) is 17.1 Å². The fourth-order valence-electron chi connectivity index (χ4n) is 3.66. The Kier molecular flexibility index (Phi) is 11.2. The zero-order valence-corrected chi connectivity index (χ0v) is 23.0. The Morgan fingerprint density at radius 3 is 2.69 bits per heavy atom. The SMILES string of the molecule is CNc1nc2c(F)cc(N(CCN(C)C)Sc3cccs3)cc2s1.NCCN1CCC(C=O)CC1. The number of nitrogens with two attached hydrogens (primary N) is 1. The fraction of sp³-hybridized carbons (Fsp3) is 0.500. The van der Waals surface area contributed by atoms with Crippen LogP contribution < -0.4 is 15.4 Å².